The van der Waals surface area contributed by atoms with E-state index in [2.05, 4.69) is 12.1 Å². The fraction of sp³-hybridized carbons (Fsp3) is 0.391. The molecular weight excluding hydrogens is 338 g/mol. The second kappa shape index (κ2) is 7.95. The molecule has 0 bridgehead atoms. The highest BCUT2D eigenvalue weighted by atomic mass is 16.6. The van der Waals surface area contributed by atoms with Gasteiger partial charge in [0.15, 0.2) is 0 Å². The van der Waals surface area contributed by atoms with Crippen LogP contribution in [-0.4, -0.2) is 29.9 Å². The maximum absolute atomic E-state index is 12.5. The third-order valence-electron chi connectivity index (χ3n) is 5.88. The van der Waals surface area contributed by atoms with Crippen LogP contribution in [0.4, 0.5) is 4.79 Å². The average Bonchev–Trinajstić information content (AvgIpc) is 3.12. The molecule has 2 aromatic rings. The molecule has 0 unspecified atom stereocenters. The van der Waals surface area contributed by atoms with E-state index < -0.39 is 0 Å². The van der Waals surface area contributed by atoms with E-state index in [0.717, 1.165) is 12.0 Å². The normalized spacial score (nSPS) is 24.5. The first-order valence-electron chi connectivity index (χ1n) is 9.70. The highest BCUT2D eigenvalue weighted by Crippen LogP contribution is 2.40. The number of ketones is 1. The second-order valence-corrected chi connectivity index (χ2v) is 7.77. The number of benzene rings is 2. The van der Waals surface area contributed by atoms with Crippen molar-refractivity contribution in [2.75, 3.05) is 13.1 Å². The largest absolute Gasteiger partial charge is 0.445 e. The van der Waals surface area contributed by atoms with Crippen molar-refractivity contribution in [1.29, 1.82) is 0 Å². The number of likely N-dealkylation sites (tertiary alicyclic amines) is 1. The van der Waals surface area contributed by atoms with Crippen molar-refractivity contribution >= 4 is 11.9 Å². The molecule has 1 amide bonds. The zero-order chi connectivity index (χ0) is 18.6. The van der Waals surface area contributed by atoms with Crippen LogP contribution in [0.15, 0.2) is 60.7 Å². The average molecular weight is 363 g/mol. The van der Waals surface area contributed by atoms with E-state index >= 15 is 0 Å². The van der Waals surface area contributed by atoms with Gasteiger partial charge < -0.3 is 9.64 Å². The summed E-state index contributed by atoms with van der Waals surface area (Å²) in [5.41, 5.74) is 2.25. The number of hydrogen-bond acceptors (Lipinski definition) is 3. The van der Waals surface area contributed by atoms with Crippen molar-refractivity contribution in [1.82, 2.24) is 4.90 Å². The number of amides is 1. The molecule has 0 spiro atoms. The van der Waals surface area contributed by atoms with Crippen LogP contribution in [0.3, 0.4) is 0 Å². The minimum Gasteiger partial charge on any atom is -0.445 e. The molecule has 27 heavy (non-hydrogen) atoms. The number of ether oxygens (including phenoxy) is 1. The highest BCUT2D eigenvalue weighted by molar-refractivity contribution is 5.80. The molecule has 4 heteroatoms. The summed E-state index contributed by atoms with van der Waals surface area (Å²) in [5.74, 6) is 1.29. The van der Waals surface area contributed by atoms with Crippen LogP contribution in [0, 0.1) is 17.8 Å². The third-order valence-corrected chi connectivity index (χ3v) is 5.88. The maximum atomic E-state index is 12.5. The molecular formula is C23H25NO3. The topological polar surface area (TPSA) is 46.6 Å². The van der Waals surface area contributed by atoms with Gasteiger partial charge in [0.1, 0.15) is 12.4 Å². The number of carbonyl (C=O) groups is 2. The van der Waals surface area contributed by atoms with E-state index in [4.69, 9.17) is 4.74 Å². The van der Waals surface area contributed by atoms with Crippen LogP contribution in [-0.2, 0) is 22.6 Å². The van der Waals surface area contributed by atoms with Crippen LogP contribution in [0.2, 0.25) is 0 Å². The molecule has 1 saturated carbocycles. The lowest BCUT2D eigenvalue weighted by molar-refractivity contribution is -0.123. The van der Waals surface area contributed by atoms with Crippen molar-refractivity contribution in [2.24, 2.45) is 17.8 Å². The minimum atomic E-state index is -0.265. The molecule has 0 aromatic heterocycles. The van der Waals surface area contributed by atoms with Crippen molar-refractivity contribution in [3.63, 3.8) is 0 Å². The fourth-order valence-corrected chi connectivity index (χ4v) is 4.57. The number of rotatable bonds is 4. The molecule has 1 saturated heterocycles. The molecule has 1 aliphatic heterocycles. The Morgan fingerprint density at radius 3 is 2.30 bits per heavy atom. The summed E-state index contributed by atoms with van der Waals surface area (Å²) < 4.78 is 5.50. The lowest BCUT2D eigenvalue weighted by Gasteiger charge is -2.32. The second-order valence-electron chi connectivity index (χ2n) is 7.77. The van der Waals surface area contributed by atoms with Gasteiger partial charge in [-0.15, -0.1) is 0 Å². The first kappa shape index (κ1) is 17.8. The van der Waals surface area contributed by atoms with E-state index in [1.54, 1.807) is 4.90 Å². The molecule has 2 aromatic carbocycles. The summed E-state index contributed by atoms with van der Waals surface area (Å²) in [4.78, 5) is 26.6. The van der Waals surface area contributed by atoms with E-state index in [1.807, 2.05) is 48.5 Å². The van der Waals surface area contributed by atoms with Gasteiger partial charge in [-0.3, -0.25) is 4.79 Å². The number of nitrogens with zero attached hydrogens (tertiary/aromatic N) is 1. The Kier molecular flexibility index (Phi) is 5.23. The highest BCUT2D eigenvalue weighted by Gasteiger charge is 2.44. The lowest BCUT2D eigenvalue weighted by Crippen LogP contribution is -2.33. The summed E-state index contributed by atoms with van der Waals surface area (Å²) >= 11 is 0. The van der Waals surface area contributed by atoms with Crippen molar-refractivity contribution < 1.29 is 14.3 Å². The predicted molar refractivity (Wildman–Crippen MR) is 103 cm³/mol. The minimum absolute atomic E-state index is 0.265. The number of Topliss-reactive ketones (excluding diaryl/α,β-unsaturated/α-hetero) is 1. The van der Waals surface area contributed by atoms with Gasteiger partial charge in [-0.25, -0.2) is 4.79 Å². The summed E-state index contributed by atoms with van der Waals surface area (Å²) in [6.07, 6.45) is 1.86. The fourth-order valence-electron chi connectivity index (χ4n) is 4.57. The zero-order valence-corrected chi connectivity index (χ0v) is 15.4. The van der Waals surface area contributed by atoms with Crippen molar-refractivity contribution in [3.05, 3.63) is 71.8 Å². The monoisotopic (exact) mass is 363 g/mol. The molecule has 140 valence electrons. The third kappa shape index (κ3) is 4.21. The molecule has 0 radical (unpaired) electrons. The Bertz CT molecular complexity index is 790. The molecule has 2 fully saturated rings. The molecule has 4 rings (SSSR count). The van der Waals surface area contributed by atoms with Crippen LogP contribution >= 0.6 is 0 Å². The van der Waals surface area contributed by atoms with E-state index in [1.165, 1.54) is 5.56 Å². The number of carbonyl (C=O) groups excluding carboxylic acids is 2. The Hall–Kier alpha value is -2.62. The maximum Gasteiger partial charge on any atom is 0.410 e. The number of hydrogen-bond donors (Lipinski definition) is 0. The van der Waals surface area contributed by atoms with Crippen LogP contribution in [0.5, 0.6) is 0 Å². The van der Waals surface area contributed by atoms with E-state index in [0.29, 0.717) is 43.6 Å². The van der Waals surface area contributed by atoms with Crippen molar-refractivity contribution in [2.45, 2.75) is 25.9 Å². The van der Waals surface area contributed by atoms with Crippen molar-refractivity contribution in [3.8, 4) is 0 Å². The summed E-state index contributed by atoms with van der Waals surface area (Å²) in [5, 5.41) is 0. The molecule has 1 heterocycles. The summed E-state index contributed by atoms with van der Waals surface area (Å²) in [6.45, 7) is 1.62. The molecule has 1 aliphatic carbocycles. The summed E-state index contributed by atoms with van der Waals surface area (Å²) in [6, 6.07) is 20.1. The molecule has 3 atom stereocenters. The first-order valence-corrected chi connectivity index (χ1v) is 9.70. The van der Waals surface area contributed by atoms with Crippen LogP contribution in [0.25, 0.3) is 0 Å². The van der Waals surface area contributed by atoms with Gasteiger partial charge in [0.05, 0.1) is 0 Å². The van der Waals surface area contributed by atoms with Gasteiger partial charge in [-0.2, -0.15) is 0 Å². The van der Waals surface area contributed by atoms with Gasteiger partial charge in [0.25, 0.3) is 0 Å². The SMILES string of the molecule is O=C1C[C@H](Cc2ccccc2)[C@H]2CN(C(=O)OCc3ccccc3)C[C@@H]2C1. The molecule has 4 nitrogen and oxygen atoms in total. The Morgan fingerprint density at radius 1 is 0.926 bits per heavy atom. The van der Waals surface area contributed by atoms with Gasteiger partial charge in [0, 0.05) is 25.9 Å². The standard InChI is InChI=1S/C23H25NO3/c25-21-12-19(11-17-7-3-1-4-8-17)22-15-24(14-20(22)13-21)23(26)27-16-18-9-5-2-6-10-18/h1-10,19-20,22H,11-16H2/t19-,20-,22+/m0/s1. The molecule has 2 aliphatic rings. The predicted octanol–water partition coefficient (Wildman–Crippen LogP) is 4.09. The smallest absolute Gasteiger partial charge is 0.410 e. The quantitative estimate of drug-likeness (QED) is 0.822. The Labute approximate surface area is 160 Å². The van der Waals surface area contributed by atoms with Gasteiger partial charge >= 0.3 is 6.09 Å². The van der Waals surface area contributed by atoms with E-state index in [9.17, 15) is 9.59 Å². The molecule has 0 N–H and O–H groups in total. The zero-order valence-electron chi connectivity index (χ0n) is 15.4. The van der Waals surface area contributed by atoms with Crippen LogP contribution in [0.1, 0.15) is 24.0 Å². The van der Waals surface area contributed by atoms with Gasteiger partial charge in [-0.05, 0) is 35.3 Å². The van der Waals surface area contributed by atoms with Crippen LogP contribution < -0.4 is 0 Å². The van der Waals surface area contributed by atoms with E-state index in [-0.39, 0.29) is 18.6 Å². The lowest BCUT2D eigenvalue weighted by atomic mass is 9.71. The Morgan fingerprint density at radius 2 is 1.59 bits per heavy atom. The van der Waals surface area contributed by atoms with Gasteiger partial charge in [-0.1, -0.05) is 60.7 Å². The number of fused-ring (bicyclic) bond motifs is 1. The van der Waals surface area contributed by atoms with Gasteiger partial charge in [0.2, 0.25) is 0 Å². The first-order chi connectivity index (χ1) is 13.2. The Balaban J connectivity index is 1.39. The summed E-state index contributed by atoms with van der Waals surface area (Å²) in [7, 11) is 0.